The van der Waals surface area contributed by atoms with Gasteiger partial charge in [-0.05, 0) is 19.5 Å². The Bertz CT molecular complexity index is 351. The van der Waals surface area contributed by atoms with E-state index in [-0.39, 0.29) is 0 Å². The van der Waals surface area contributed by atoms with Crippen LogP contribution in [0.1, 0.15) is 6.92 Å². The van der Waals surface area contributed by atoms with Gasteiger partial charge in [-0.3, -0.25) is 0 Å². The van der Waals surface area contributed by atoms with Gasteiger partial charge in [-0.15, -0.1) is 0 Å². The van der Waals surface area contributed by atoms with Crippen LogP contribution in [-0.4, -0.2) is 51.4 Å². The van der Waals surface area contributed by atoms with Crippen LogP contribution >= 0.6 is 0 Å². The molecule has 1 aromatic rings. The first-order chi connectivity index (χ1) is 8.60. The molecule has 0 bridgehead atoms. The predicted octanol–water partition coefficient (Wildman–Crippen LogP) is 0.785. The van der Waals surface area contributed by atoms with Crippen LogP contribution in [0.2, 0.25) is 0 Å². The van der Waals surface area contributed by atoms with Crippen molar-refractivity contribution in [3.05, 3.63) is 6.07 Å². The largest absolute Gasteiger partial charge is 0.481 e. The van der Waals surface area contributed by atoms with E-state index >= 15 is 0 Å². The minimum absolute atomic E-state index is 0.501. The Labute approximate surface area is 108 Å². The average Bonchev–Trinajstić information content (AvgIpc) is 2.38. The standard InChI is InChI=1S/C12H22N4O2/c1-9(7-13-2)8-16(3)12-14-10(17-4)6-11(15-12)18-5/h6,9,13H,7-8H2,1-5H3. The maximum absolute atomic E-state index is 5.13. The SMILES string of the molecule is CNCC(C)CN(C)c1nc(OC)cc(OC)n1. The van der Waals surface area contributed by atoms with Crippen LogP contribution in [-0.2, 0) is 0 Å². The van der Waals surface area contributed by atoms with Crippen molar-refractivity contribution in [2.24, 2.45) is 5.92 Å². The van der Waals surface area contributed by atoms with E-state index in [1.54, 1.807) is 20.3 Å². The molecular formula is C12H22N4O2. The summed E-state index contributed by atoms with van der Waals surface area (Å²) in [5.41, 5.74) is 0. The number of nitrogens with zero attached hydrogens (tertiary/aromatic N) is 3. The fourth-order valence-electron chi connectivity index (χ4n) is 1.73. The summed E-state index contributed by atoms with van der Waals surface area (Å²) in [6.45, 7) is 3.98. The number of rotatable bonds is 7. The molecule has 0 aliphatic carbocycles. The molecule has 6 heteroatoms. The lowest BCUT2D eigenvalue weighted by molar-refractivity contribution is 0.371. The topological polar surface area (TPSA) is 59.5 Å². The molecule has 1 atom stereocenters. The summed E-state index contributed by atoms with van der Waals surface area (Å²) in [4.78, 5) is 10.6. The Kier molecular flexibility index (Phi) is 5.64. The van der Waals surface area contributed by atoms with Gasteiger partial charge in [-0.1, -0.05) is 6.92 Å². The highest BCUT2D eigenvalue weighted by atomic mass is 16.5. The van der Waals surface area contributed by atoms with Crippen molar-refractivity contribution in [2.45, 2.75) is 6.92 Å². The molecule has 18 heavy (non-hydrogen) atoms. The van der Waals surface area contributed by atoms with Gasteiger partial charge in [-0.25, -0.2) is 0 Å². The smallest absolute Gasteiger partial charge is 0.231 e. The second-order valence-electron chi connectivity index (χ2n) is 4.30. The number of anilines is 1. The summed E-state index contributed by atoms with van der Waals surface area (Å²) in [7, 11) is 7.06. The zero-order valence-corrected chi connectivity index (χ0v) is 11.7. The van der Waals surface area contributed by atoms with E-state index < -0.39 is 0 Å². The minimum Gasteiger partial charge on any atom is -0.481 e. The zero-order valence-electron chi connectivity index (χ0n) is 11.7. The molecule has 0 aromatic carbocycles. The van der Waals surface area contributed by atoms with Gasteiger partial charge in [-0.2, -0.15) is 9.97 Å². The number of hydrogen-bond acceptors (Lipinski definition) is 6. The van der Waals surface area contributed by atoms with E-state index in [1.165, 1.54) is 0 Å². The van der Waals surface area contributed by atoms with Crippen LogP contribution in [0.25, 0.3) is 0 Å². The lowest BCUT2D eigenvalue weighted by Crippen LogP contribution is -2.30. The molecule has 6 nitrogen and oxygen atoms in total. The van der Waals surface area contributed by atoms with Crippen LogP contribution in [0.3, 0.4) is 0 Å². The third-order valence-electron chi connectivity index (χ3n) is 2.57. The molecule has 0 saturated heterocycles. The van der Waals surface area contributed by atoms with Crippen LogP contribution < -0.4 is 19.7 Å². The average molecular weight is 254 g/mol. The Morgan fingerprint density at radius 3 is 2.28 bits per heavy atom. The number of methoxy groups -OCH3 is 2. The van der Waals surface area contributed by atoms with Crippen molar-refractivity contribution < 1.29 is 9.47 Å². The fraction of sp³-hybridized carbons (Fsp3) is 0.667. The molecule has 0 radical (unpaired) electrons. The Morgan fingerprint density at radius 2 is 1.83 bits per heavy atom. The second kappa shape index (κ2) is 7.00. The van der Waals surface area contributed by atoms with Gasteiger partial charge in [0.05, 0.1) is 20.3 Å². The lowest BCUT2D eigenvalue weighted by Gasteiger charge is -2.21. The second-order valence-corrected chi connectivity index (χ2v) is 4.30. The number of ether oxygens (including phenoxy) is 2. The summed E-state index contributed by atoms with van der Waals surface area (Å²) in [5, 5.41) is 3.15. The number of aromatic nitrogens is 2. The van der Waals surface area contributed by atoms with E-state index in [9.17, 15) is 0 Å². The summed E-state index contributed by atoms with van der Waals surface area (Å²) in [6.07, 6.45) is 0. The first-order valence-corrected chi connectivity index (χ1v) is 5.93. The van der Waals surface area contributed by atoms with Gasteiger partial charge >= 0.3 is 0 Å². The highest BCUT2D eigenvalue weighted by Gasteiger charge is 2.12. The highest BCUT2D eigenvalue weighted by Crippen LogP contribution is 2.19. The molecule has 1 unspecified atom stereocenters. The highest BCUT2D eigenvalue weighted by molar-refractivity contribution is 5.35. The molecule has 0 aliphatic heterocycles. The summed E-state index contributed by atoms with van der Waals surface area (Å²) in [6, 6.07) is 1.66. The van der Waals surface area contributed by atoms with Crippen molar-refractivity contribution in [3.8, 4) is 11.8 Å². The molecule has 0 aliphatic rings. The Balaban J connectivity index is 2.80. The summed E-state index contributed by atoms with van der Waals surface area (Å²) >= 11 is 0. The van der Waals surface area contributed by atoms with E-state index in [0.29, 0.717) is 23.6 Å². The molecule has 0 saturated carbocycles. The first-order valence-electron chi connectivity index (χ1n) is 5.93. The first kappa shape index (κ1) is 14.5. The van der Waals surface area contributed by atoms with E-state index in [0.717, 1.165) is 13.1 Å². The summed E-state index contributed by atoms with van der Waals surface area (Å²) < 4.78 is 10.3. The Morgan fingerprint density at radius 1 is 1.28 bits per heavy atom. The molecule has 1 heterocycles. The van der Waals surface area contributed by atoms with E-state index in [4.69, 9.17) is 9.47 Å². The van der Waals surface area contributed by atoms with Crippen molar-refractivity contribution in [1.29, 1.82) is 0 Å². The molecule has 1 N–H and O–H groups in total. The van der Waals surface area contributed by atoms with Gasteiger partial charge in [0.25, 0.3) is 0 Å². The maximum atomic E-state index is 5.13. The van der Waals surface area contributed by atoms with Gasteiger partial charge < -0.3 is 19.7 Å². The Hall–Kier alpha value is -1.56. The van der Waals surface area contributed by atoms with Crippen molar-refractivity contribution >= 4 is 5.95 Å². The quantitative estimate of drug-likeness (QED) is 0.776. The molecular weight excluding hydrogens is 232 g/mol. The third-order valence-corrected chi connectivity index (χ3v) is 2.57. The number of hydrogen-bond donors (Lipinski definition) is 1. The maximum Gasteiger partial charge on any atom is 0.231 e. The van der Waals surface area contributed by atoms with Crippen LogP contribution in [0.15, 0.2) is 6.07 Å². The van der Waals surface area contributed by atoms with Crippen LogP contribution in [0, 0.1) is 5.92 Å². The number of nitrogens with one attached hydrogen (secondary N) is 1. The molecule has 0 fully saturated rings. The van der Waals surface area contributed by atoms with E-state index in [1.807, 2.05) is 19.0 Å². The van der Waals surface area contributed by atoms with Crippen LogP contribution in [0.4, 0.5) is 5.95 Å². The summed E-state index contributed by atoms with van der Waals surface area (Å²) in [5.74, 6) is 2.12. The molecule has 1 rings (SSSR count). The van der Waals surface area contributed by atoms with Gasteiger partial charge in [0.2, 0.25) is 17.7 Å². The molecule has 1 aromatic heterocycles. The van der Waals surface area contributed by atoms with Crippen molar-refractivity contribution in [3.63, 3.8) is 0 Å². The van der Waals surface area contributed by atoms with Gasteiger partial charge in [0.1, 0.15) is 0 Å². The molecule has 102 valence electrons. The van der Waals surface area contributed by atoms with Crippen molar-refractivity contribution in [2.75, 3.05) is 46.3 Å². The minimum atomic E-state index is 0.501. The zero-order chi connectivity index (χ0) is 13.5. The third kappa shape index (κ3) is 4.03. The van der Waals surface area contributed by atoms with Crippen LogP contribution in [0.5, 0.6) is 11.8 Å². The monoisotopic (exact) mass is 254 g/mol. The normalized spacial score (nSPS) is 12.1. The van der Waals surface area contributed by atoms with Gasteiger partial charge in [0, 0.05) is 13.6 Å². The molecule has 0 spiro atoms. The van der Waals surface area contributed by atoms with Crippen molar-refractivity contribution in [1.82, 2.24) is 15.3 Å². The lowest BCUT2D eigenvalue weighted by atomic mass is 10.2. The fourth-order valence-corrected chi connectivity index (χ4v) is 1.73. The van der Waals surface area contributed by atoms with E-state index in [2.05, 4.69) is 22.2 Å². The predicted molar refractivity (Wildman–Crippen MR) is 71.5 cm³/mol. The molecule has 0 amide bonds. The van der Waals surface area contributed by atoms with Gasteiger partial charge in [0.15, 0.2) is 0 Å².